The molecular weight excluding hydrogens is 269 g/mol. The Bertz CT molecular complexity index is 460. The summed E-state index contributed by atoms with van der Waals surface area (Å²) >= 11 is 17.6. The van der Waals surface area contributed by atoms with Crippen molar-refractivity contribution in [1.29, 1.82) is 0 Å². The van der Waals surface area contributed by atoms with Gasteiger partial charge in [0.05, 0.1) is 0 Å². The van der Waals surface area contributed by atoms with Gasteiger partial charge in [-0.25, -0.2) is 4.39 Å². The summed E-state index contributed by atoms with van der Waals surface area (Å²) in [7, 11) is 0. The summed E-state index contributed by atoms with van der Waals surface area (Å²) < 4.78 is 13.5. The van der Waals surface area contributed by atoms with E-state index in [1.807, 2.05) is 30.3 Å². The number of allylic oxidation sites excluding steroid dienone is 4. The highest BCUT2D eigenvalue weighted by molar-refractivity contribution is 6.43. The molecule has 84 valence electrons. The van der Waals surface area contributed by atoms with Crippen LogP contribution in [0.4, 0.5) is 4.39 Å². The summed E-state index contributed by atoms with van der Waals surface area (Å²) in [4.78, 5) is 0. The zero-order chi connectivity index (χ0) is 11.8. The van der Waals surface area contributed by atoms with Crippen molar-refractivity contribution in [2.24, 2.45) is 0 Å². The van der Waals surface area contributed by atoms with E-state index in [1.165, 1.54) is 6.08 Å². The van der Waals surface area contributed by atoms with Gasteiger partial charge in [0.2, 0.25) is 5.13 Å². The van der Waals surface area contributed by atoms with Crippen LogP contribution in [-0.2, 0) is 0 Å². The molecule has 0 N–H and O–H groups in total. The van der Waals surface area contributed by atoms with Crippen LogP contribution in [-0.4, -0.2) is 5.13 Å². The molecule has 1 aliphatic rings. The summed E-state index contributed by atoms with van der Waals surface area (Å²) in [6.45, 7) is 0. The van der Waals surface area contributed by atoms with Crippen molar-refractivity contribution >= 4 is 40.4 Å². The van der Waals surface area contributed by atoms with E-state index >= 15 is 0 Å². The molecule has 1 atom stereocenters. The van der Waals surface area contributed by atoms with E-state index < -0.39 is 5.13 Å². The van der Waals surface area contributed by atoms with Gasteiger partial charge >= 0.3 is 0 Å². The minimum absolute atomic E-state index is 0.0590. The van der Waals surface area contributed by atoms with Gasteiger partial charge in [0.25, 0.3) is 0 Å². The second kappa shape index (κ2) is 4.40. The molecule has 1 unspecified atom stereocenters. The molecule has 0 radical (unpaired) electrons. The summed E-state index contributed by atoms with van der Waals surface area (Å²) in [6, 6.07) is 9.36. The first-order valence-corrected chi connectivity index (χ1v) is 5.83. The third kappa shape index (κ3) is 2.42. The van der Waals surface area contributed by atoms with E-state index in [2.05, 4.69) is 0 Å². The predicted octanol–water partition coefficient (Wildman–Crippen LogP) is 5.07. The molecule has 0 amide bonds. The standard InChI is InChI=1S/C12H8Cl3F/c13-9-6-12(15,16)7-10(14)11(9)8-4-2-1-3-5-8/h1-6H,7H2. The van der Waals surface area contributed by atoms with Crippen LogP contribution in [0.15, 0.2) is 46.5 Å². The molecule has 0 nitrogen and oxygen atoms in total. The molecule has 0 spiro atoms. The molecule has 0 heterocycles. The molecule has 0 aliphatic heterocycles. The summed E-state index contributed by atoms with van der Waals surface area (Å²) in [5.41, 5.74) is 1.51. The van der Waals surface area contributed by atoms with Gasteiger partial charge in [0, 0.05) is 22.1 Å². The molecule has 2 rings (SSSR count). The molecule has 4 heteroatoms. The van der Waals surface area contributed by atoms with Crippen LogP contribution in [0.1, 0.15) is 12.0 Å². The Hall–Kier alpha value is -0.500. The molecule has 0 aromatic heterocycles. The SMILES string of the molecule is FC1(Cl)C=C(Cl)C(c2ccccc2)=C(Cl)C1. The Labute approximate surface area is 108 Å². The minimum Gasteiger partial charge on any atom is -0.221 e. The van der Waals surface area contributed by atoms with Gasteiger partial charge in [0.1, 0.15) is 0 Å². The van der Waals surface area contributed by atoms with E-state index in [-0.39, 0.29) is 11.5 Å². The van der Waals surface area contributed by atoms with Gasteiger partial charge in [-0.2, -0.15) is 0 Å². The molecule has 0 bridgehead atoms. The zero-order valence-corrected chi connectivity index (χ0v) is 10.5. The average Bonchev–Trinajstić information content (AvgIpc) is 2.16. The lowest BCUT2D eigenvalue weighted by atomic mass is 9.98. The van der Waals surface area contributed by atoms with Gasteiger partial charge < -0.3 is 0 Å². The van der Waals surface area contributed by atoms with Crippen LogP contribution in [0.3, 0.4) is 0 Å². The van der Waals surface area contributed by atoms with Gasteiger partial charge in [0.15, 0.2) is 0 Å². The topological polar surface area (TPSA) is 0 Å². The lowest BCUT2D eigenvalue weighted by Gasteiger charge is -2.22. The Morgan fingerprint density at radius 2 is 1.75 bits per heavy atom. The molecule has 0 saturated heterocycles. The third-order valence-electron chi connectivity index (χ3n) is 2.30. The predicted molar refractivity (Wildman–Crippen MR) is 67.5 cm³/mol. The fourth-order valence-corrected chi connectivity index (χ4v) is 2.85. The number of hydrogen-bond acceptors (Lipinski definition) is 0. The Morgan fingerprint density at radius 1 is 1.12 bits per heavy atom. The van der Waals surface area contributed by atoms with Gasteiger partial charge in [-0.05, 0) is 11.6 Å². The first kappa shape index (κ1) is 12.0. The van der Waals surface area contributed by atoms with Crippen molar-refractivity contribution in [1.82, 2.24) is 0 Å². The van der Waals surface area contributed by atoms with Crippen LogP contribution in [0.5, 0.6) is 0 Å². The van der Waals surface area contributed by atoms with Crippen LogP contribution >= 0.6 is 34.8 Å². The van der Waals surface area contributed by atoms with E-state index in [9.17, 15) is 4.39 Å². The Balaban J connectivity index is 2.47. The fraction of sp³-hybridized carbons (Fsp3) is 0.167. The Kier molecular flexibility index (Phi) is 3.29. The maximum Gasteiger partial charge on any atom is 0.208 e. The van der Waals surface area contributed by atoms with Crippen LogP contribution in [0.25, 0.3) is 5.57 Å². The first-order valence-electron chi connectivity index (χ1n) is 4.70. The summed E-state index contributed by atoms with van der Waals surface area (Å²) in [5, 5.41) is -1.39. The number of hydrogen-bond donors (Lipinski definition) is 0. The van der Waals surface area contributed by atoms with Gasteiger partial charge in [-0.15, -0.1) is 0 Å². The van der Waals surface area contributed by atoms with Crippen molar-refractivity contribution < 1.29 is 4.39 Å². The van der Waals surface area contributed by atoms with Crippen molar-refractivity contribution in [2.45, 2.75) is 11.5 Å². The third-order valence-corrected chi connectivity index (χ3v) is 3.16. The van der Waals surface area contributed by atoms with Gasteiger partial charge in [-0.1, -0.05) is 65.1 Å². The second-order valence-corrected chi connectivity index (χ2v) is 5.07. The Morgan fingerprint density at radius 3 is 2.31 bits per heavy atom. The highest BCUT2D eigenvalue weighted by atomic mass is 35.5. The lowest BCUT2D eigenvalue weighted by Crippen LogP contribution is -2.15. The highest BCUT2D eigenvalue weighted by Crippen LogP contribution is 2.44. The minimum atomic E-state index is -1.98. The van der Waals surface area contributed by atoms with E-state index in [1.54, 1.807) is 0 Å². The molecular formula is C12H8Cl3F. The number of halogens is 4. The average molecular weight is 278 g/mol. The number of benzene rings is 1. The van der Waals surface area contributed by atoms with Crippen LogP contribution < -0.4 is 0 Å². The largest absolute Gasteiger partial charge is 0.221 e. The zero-order valence-electron chi connectivity index (χ0n) is 8.18. The smallest absolute Gasteiger partial charge is 0.208 e. The second-order valence-electron chi connectivity index (χ2n) is 3.58. The monoisotopic (exact) mass is 276 g/mol. The highest BCUT2D eigenvalue weighted by Gasteiger charge is 2.32. The lowest BCUT2D eigenvalue weighted by molar-refractivity contribution is 0.345. The number of rotatable bonds is 1. The van der Waals surface area contributed by atoms with Crippen LogP contribution in [0, 0.1) is 0 Å². The number of alkyl halides is 2. The summed E-state index contributed by atoms with van der Waals surface area (Å²) in [5.74, 6) is 0. The molecule has 0 saturated carbocycles. The van der Waals surface area contributed by atoms with Crippen molar-refractivity contribution in [3.8, 4) is 0 Å². The molecule has 0 fully saturated rings. The maximum atomic E-state index is 13.5. The summed E-state index contributed by atoms with van der Waals surface area (Å²) in [6.07, 6.45) is 1.13. The van der Waals surface area contributed by atoms with E-state index in [0.717, 1.165) is 5.56 Å². The molecule has 1 aromatic rings. The maximum absolute atomic E-state index is 13.5. The normalized spacial score (nSPS) is 25.6. The molecule has 1 aliphatic carbocycles. The van der Waals surface area contributed by atoms with Crippen molar-refractivity contribution in [3.05, 3.63) is 52.0 Å². The van der Waals surface area contributed by atoms with E-state index in [4.69, 9.17) is 34.8 Å². The van der Waals surface area contributed by atoms with Crippen molar-refractivity contribution in [3.63, 3.8) is 0 Å². The van der Waals surface area contributed by atoms with E-state index in [0.29, 0.717) is 10.6 Å². The fourth-order valence-electron chi connectivity index (χ4n) is 1.63. The quantitative estimate of drug-likeness (QED) is 0.629. The van der Waals surface area contributed by atoms with Gasteiger partial charge in [-0.3, -0.25) is 0 Å². The van der Waals surface area contributed by atoms with Crippen molar-refractivity contribution in [2.75, 3.05) is 0 Å². The van der Waals surface area contributed by atoms with Crippen LogP contribution in [0.2, 0.25) is 0 Å². The first-order chi connectivity index (χ1) is 7.49. The molecule has 16 heavy (non-hydrogen) atoms. The molecule has 1 aromatic carbocycles.